The highest BCUT2D eigenvalue weighted by molar-refractivity contribution is 5.85. The Morgan fingerprint density at radius 2 is 2.12 bits per heavy atom. The summed E-state index contributed by atoms with van der Waals surface area (Å²) in [6.07, 6.45) is -0.840. The van der Waals surface area contributed by atoms with E-state index in [0.717, 1.165) is 0 Å². The van der Waals surface area contributed by atoms with Gasteiger partial charge in [-0.05, 0) is 6.42 Å². The van der Waals surface area contributed by atoms with Gasteiger partial charge in [0, 0.05) is 0 Å². The molecule has 0 amide bonds. The number of carboxylic acids is 1. The number of aliphatic carboxylic acids is 1. The van der Waals surface area contributed by atoms with Gasteiger partial charge in [0.25, 0.3) is 0 Å². The number of rotatable bonds is 1. The highest BCUT2D eigenvalue weighted by atomic mass is 35.5. The van der Waals surface area contributed by atoms with E-state index in [1.807, 2.05) is 0 Å². The van der Waals surface area contributed by atoms with Crippen molar-refractivity contribution >= 4 is 18.4 Å². The van der Waals surface area contributed by atoms with Gasteiger partial charge in [0.2, 0.25) is 0 Å². The Kier molecular flexibility index (Phi) is 2.22. The first-order chi connectivity index (χ1) is 3.22. The lowest BCUT2D eigenvalue weighted by Gasteiger charge is -1.77. The van der Waals surface area contributed by atoms with Crippen molar-refractivity contribution in [3.05, 3.63) is 0 Å². The smallest absolute Gasteiger partial charge is 0.309 e. The van der Waals surface area contributed by atoms with Gasteiger partial charge in [-0.25, -0.2) is 4.39 Å². The van der Waals surface area contributed by atoms with Crippen LogP contribution in [-0.2, 0) is 4.79 Å². The minimum Gasteiger partial charge on any atom is -0.481 e. The van der Waals surface area contributed by atoms with Crippen molar-refractivity contribution in [1.82, 2.24) is 0 Å². The largest absolute Gasteiger partial charge is 0.481 e. The first-order valence-electron chi connectivity index (χ1n) is 2.08. The van der Waals surface area contributed by atoms with Crippen LogP contribution in [0, 0.1) is 5.92 Å². The molecule has 1 saturated carbocycles. The lowest BCUT2D eigenvalue weighted by Crippen LogP contribution is -1.98. The second-order valence-corrected chi connectivity index (χ2v) is 1.70. The zero-order valence-corrected chi connectivity index (χ0v) is 4.82. The fourth-order valence-corrected chi connectivity index (χ4v) is 0.420. The third-order valence-electron chi connectivity index (χ3n) is 1.03. The summed E-state index contributed by atoms with van der Waals surface area (Å²) >= 11 is 0. The van der Waals surface area contributed by atoms with E-state index in [1.165, 1.54) is 0 Å². The predicted molar refractivity (Wildman–Crippen MR) is 27.9 cm³/mol. The molecule has 8 heavy (non-hydrogen) atoms. The van der Waals surface area contributed by atoms with Crippen LogP contribution in [0.5, 0.6) is 0 Å². The molecule has 1 aliphatic rings. The molecule has 0 aliphatic heterocycles. The molecule has 0 aromatic heterocycles. The fraction of sp³-hybridized carbons (Fsp3) is 0.750. The van der Waals surface area contributed by atoms with Crippen LogP contribution in [0.15, 0.2) is 0 Å². The molecule has 0 bridgehead atoms. The Hall–Kier alpha value is -0.310. The SMILES string of the molecule is Cl.O=C(O)C1CC1F. The third kappa shape index (κ3) is 1.33. The summed E-state index contributed by atoms with van der Waals surface area (Å²) in [5, 5.41) is 7.98. The zero-order valence-electron chi connectivity index (χ0n) is 4.00. The Labute approximate surface area is 52.1 Å². The summed E-state index contributed by atoms with van der Waals surface area (Å²) in [5.74, 6) is -1.69. The predicted octanol–water partition coefficient (Wildman–Crippen LogP) is 0.851. The van der Waals surface area contributed by atoms with Gasteiger partial charge in [-0.15, -0.1) is 12.4 Å². The van der Waals surface area contributed by atoms with Crippen LogP contribution in [0.4, 0.5) is 4.39 Å². The van der Waals surface area contributed by atoms with E-state index < -0.39 is 18.1 Å². The van der Waals surface area contributed by atoms with E-state index in [4.69, 9.17) is 5.11 Å². The van der Waals surface area contributed by atoms with Gasteiger partial charge in [0.1, 0.15) is 6.17 Å². The molecule has 0 aromatic rings. The van der Waals surface area contributed by atoms with Gasteiger partial charge in [-0.3, -0.25) is 4.79 Å². The summed E-state index contributed by atoms with van der Waals surface area (Å²) in [4.78, 5) is 9.73. The first-order valence-corrected chi connectivity index (χ1v) is 2.08. The maximum Gasteiger partial charge on any atom is 0.309 e. The Morgan fingerprint density at radius 3 is 2.12 bits per heavy atom. The fourth-order valence-electron chi connectivity index (χ4n) is 0.420. The summed E-state index contributed by atoms with van der Waals surface area (Å²) < 4.78 is 11.6. The van der Waals surface area contributed by atoms with E-state index in [-0.39, 0.29) is 18.8 Å². The molecule has 0 aromatic carbocycles. The molecule has 0 radical (unpaired) electrons. The average molecular weight is 141 g/mol. The van der Waals surface area contributed by atoms with Gasteiger partial charge >= 0.3 is 5.97 Å². The normalized spacial score (nSPS) is 33.1. The van der Waals surface area contributed by atoms with Crippen LogP contribution in [0.2, 0.25) is 0 Å². The van der Waals surface area contributed by atoms with Crippen LogP contribution >= 0.6 is 12.4 Å². The van der Waals surface area contributed by atoms with Crippen LogP contribution in [0.3, 0.4) is 0 Å². The molecule has 0 spiro atoms. The highest BCUT2D eigenvalue weighted by Crippen LogP contribution is 2.33. The minimum atomic E-state index is -1.06. The summed E-state index contributed by atoms with van der Waals surface area (Å²) in [5.41, 5.74) is 0. The molecule has 1 aliphatic carbocycles. The molecular weight excluding hydrogens is 134 g/mol. The van der Waals surface area contributed by atoms with Gasteiger partial charge in [0.15, 0.2) is 0 Å². The van der Waals surface area contributed by atoms with Crippen molar-refractivity contribution in [3.8, 4) is 0 Å². The Bertz CT molecular complexity index is 106. The molecule has 2 nitrogen and oxygen atoms in total. The number of halogens is 2. The number of alkyl halides is 1. The number of hydrogen-bond acceptors (Lipinski definition) is 1. The molecule has 48 valence electrons. The molecular formula is C4H6ClFO2. The summed E-state index contributed by atoms with van der Waals surface area (Å²) in [6, 6.07) is 0. The van der Waals surface area contributed by atoms with E-state index in [0.29, 0.717) is 0 Å². The monoisotopic (exact) mass is 140 g/mol. The van der Waals surface area contributed by atoms with Gasteiger partial charge in [-0.1, -0.05) is 0 Å². The van der Waals surface area contributed by atoms with Crippen molar-refractivity contribution in [1.29, 1.82) is 0 Å². The summed E-state index contributed by atoms with van der Waals surface area (Å²) in [6.45, 7) is 0. The van der Waals surface area contributed by atoms with Gasteiger partial charge < -0.3 is 5.11 Å². The van der Waals surface area contributed by atoms with Crippen LogP contribution in [-0.4, -0.2) is 17.2 Å². The third-order valence-corrected chi connectivity index (χ3v) is 1.03. The highest BCUT2D eigenvalue weighted by Gasteiger charge is 2.43. The molecule has 1 rings (SSSR count). The van der Waals surface area contributed by atoms with Crippen molar-refractivity contribution in [2.75, 3.05) is 0 Å². The average Bonchev–Trinajstić information content (AvgIpc) is 2.17. The quantitative estimate of drug-likeness (QED) is 0.586. The minimum absolute atomic E-state index is 0. The van der Waals surface area contributed by atoms with E-state index in [1.54, 1.807) is 0 Å². The molecule has 0 saturated heterocycles. The van der Waals surface area contributed by atoms with Gasteiger partial charge in [0.05, 0.1) is 5.92 Å². The maximum atomic E-state index is 11.6. The first kappa shape index (κ1) is 7.69. The molecule has 1 fully saturated rings. The van der Waals surface area contributed by atoms with Gasteiger partial charge in [-0.2, -0.15) is 0 Å². The summed E-state index contributed by atoms with van der Waals surface area (Å²) in [7, 11) is 0. The zero-order chi connectivity index (χ0) is 5.44. The maximum absolute atomic E-state index is 11.6. The number of hydrogen-bond donors (Lipinski definition) is 1. The van der Waals surface area contributed by atoms with Crippen molar-refractivity contribution in [3.63, 3.8) is 0 Å². The molecule has 0 heterocycles. The lowest BCUT2D eigenvalue weighted by atomic mass is 10.4. The molecule has 1 N–H and O–H groups in total. The molecule has 2 atom stereocenters. The Morgan fingerprint density at radius 1 is 1.75 bits per heavy atom. The lowest BCUT2D eigenvalue weighted by molar-refractivity contribution is -0.138. The van der Waals surface area contributed by atoms with Crippen LogP contribution in [0.25, 0.3) is 0 Å². The van der Waals surface area contributed by atoms with Crippen LogP contribution < -0.4 is 0 Å². The second-order valence-electron chi connectivity index (χ2n) is 1.70. The van der Waals surface area contributed by atoms with E-state index >= 15 is 0 Å². The van der Waals surface area contributed by atoms with Crippen molar-refractivity contribution in [2.45, 2.75) is 12.6 Å². The topological polar surface area (TPSA) is 37.3 Å². The number of carbonyl (C=O) groups is 1. The second kappa shape index (κ2) is 2.31. The standard InChI is InChI=1S/C4H5FO2.ClH/c5-3-1-2(3)4(6)7;/h2-3H,1H2,(H,6,7);1H. The van der Waals surface area contributed by atoms with Crippen molar-refractivity contribution in [2.24, 2.45) is 5.92 Å². The number of carboxylic acid groups (broad SMARTS) is 1. The molecule has 2 unspecified atom stereocenters. The molecule has 4 heteroatoms. The van der Waals surface area contributed by atoms with E-state index in [2.05, 4.69) is 0 Å². The Balaban J connectivity index is 0.000000490. The van der Waals surface area contributed by atoms with Crippen molar-refractivity contribution < 1.29 is 14.3 Å². The van der Waals surface area contributed by atoms with E-state index in [9.17, 15) is 9.18 Å². The van der Waals surface area contributed by atoms with Crippen LogP contribution in [0.1, 0.15) is 6.42 Å².